The normalized spacial score (nSPS) is 16.0. The van der Waals surface area contributed by atoms with Gasteiger partial charge in [-0.15, -0.1) is 0 Å². The van der Waals surface area contributed by atoms with E-state index in [2.05, 4.69) is 5.32 Å². The van der Waals surface area contributed by atoms with E-state index >= 15 is 0 Å². The smallest absolute Gasteiger partial charge is 0.334 e. The molecule has 0 radical (unpaired) electrons. The number of allylic oxidation sites excluding steroid dienone is 1. The average molecular weight is 491 g/mol. The Kier molecular flexibility index (Phi) is 6.78. The number of para-hydroxylation sites is 1. The number of rotatable bonds is 7. The number of carboxylic acid groups (broad SMARTS) is 2. The van der Waals surface area contributed by atoms with E-state index < -0.39 is 24.1 Å². The first kappa shape index (κ1) is 24.9. The van der Waals surface area contributed by atoms with Gasteiger partial charge in [0.25, 0.3) is 0 Å². The third-order valence-corrected chi connectivity index (χ3v) is 6.24. The van der Waals surface area contributed by atoms with E-state index in [4.69, 9.17) is 13.9 Å². The molecule has 2 heterocycles. The summed E-state index contributed by atoms with van der Waals surface area (Å²) < 4.78 is 16.9. The highest BCUT2D eigenvalue weighted by Gasteiger charge is 2.41. The number of carbonyl (C=O) groups is 2. The molecule has 2 aromatic carbocycles. The zero-order chi connectivity index (χ0) is 26.1. The van der Waals surface area contributed by atoms with Gasteiger partial charge in [0.2, 0.25) is 0 Å². The van der Waals surface area contributed by atoms with Gasteiger partial charge in [0.05, 0.1) is 28.1 Å². The largest absolute Gasteiger partial charge is 0.478 e. The Labute approximate surface area is 206 Å². The standard InChI is InChI=1S/C27H25NO8/c1-13-22(29)17-12-8-11-16(24(17)36-23(13)15-9-6-5-7-10-15)19-18(25(30)31)14(2)28-21(20(19)26(32)33)27(34-3)35-4/h5-12,19,27-28H,1-4H3,(H,30,31)(H,32,33). The summed E-state index contributed by atoms with van der Waals surface area (Å²) >= 11 is 0. The minimum atomic E-state index is -1.37. The molecule has 3 N–H and O–H groups in total. The fourth-order valence-corrected chi connectivity index (χ4v) is 4.63. The van der Waals surface area contributed by atoms with E-state index in [-0.39, 0.29) is 44.5 Å². The third kappa shape index (κ3) is 4.08. The molecule has 0 saturated heterocycles. The Balaban J connectivity index is 2.12. The van der Waals surface area contributed by atoms with Crippen molar-refractivity contribution in [3.05, 3.63) is 92.4 Å². The van der Waals surface area contributed by atoms with E-state index in [1.807, 2.05) is 6.07 Å². The third-order valence-electron chi connectivity index (χ3n) is 6.24. The molecule has 1 aliphatic heterocycles. The van der Waals surface area contributed by atoms with Gasteiger partial charge in [-0.05, 0) is 19.9 Å². The van der Waals surface area contributed by atoms with Gasteiger partial charge >= 0.3 is 11.9 Å². The Bertz CT molecular complexity index is 1480. The van der Waals surface area contributed by atoms with Crippen molar-refractivity contribution < 1.29 is 33.7 Å². The zero-order valence-electron chi connectivity index (χ0n) is 20.1. The molecule has 9 heteroatoms. The average Bonchev–Trinajstić information content (AvgIpc) is 2.86. The second-order valence-corrected chi connectivity index (χ2v) is 8.31. The Morgan fingerprint density at radius 1 is 0.944 bits per heavy atom. The first-order valence-electron chi connectivity index (χ1n) is 11.1. The summed E-state index contributed by atoms with van der Waals surface area (Å²) in [6.07, 6.45) is -1.10. The molecule has 0 fully saturated rings. The van der Waals surface area contributed by atoms with Crippen LogP contribution in [0.25, 0.3) is 22.3 Å². The predicted octanol–water partition coefficient (Wildman–Crippen LogP) is 3.77. The highest BCUT2D eigenvalue weighted by Crippen LogP contribution is 2.42. The fourth-order valence-electron chi connectivity index (χ4n) is 4.63. The Morgan fingerprint density at radius 3 is 2.17 bits per heavy atom. The highest BCUT2D eigenvalue weighted by atomic mass is 16.7. The predicted molar refractivity (Wildman–Crippen MR) is 131 cm³/mol. The number of fused-ring (bicyclic) bond motifs is 1. The van der Waals surface area contributed by atoms with Crippen LogP contribution < -0.4 is 10.7 Å². The lowest BCUT2D eigenvalue weighted by Gasteiger charge is -2.32. The first-order valence-corrected chi connectivity index (χ1v) is 11.1. The Morgan fingerprint density at radius 2 is 1.58 bits per heavy atom. The number of ether oxygens (including phenoxy) is 2. The summed E-state index contributed by atoms with van der Waals surface area (Å²) in [5, 5.41) is 23.4. The summed E-state index contributed by atoms with van der Waals surface area (Å²) in [5.74, 6) is -3.66. The maximum atomic E-state index is 13.3. The monoisotopic (exact) mass is 491 g/mol. The molecule has 0 saturated carbocycles. The van der Waals surface area contributed by atoms with Crippen molar-refractivity contribution in [2.75, 3.05) is 14.2 Å². The van der Waals surface area contributed by atoms with Crippen LogP contribution in [0.5, 0.6) is 0 Å². The second kappa shape index (κ2) is 9.80. The summed E-state index contributed by atoms with van der Waals surface area (Å²) in [6.45, 7) is 3.18. The topological polar surface area (TPSA) is 135 Å². The van der Waals surface area contributed by atoms with Crippen molar-refractivity contribution in [1.29, 1.82) is 0 Å². The molecule has 3 aromatic rings. The molecule has 186 valence electrons. The minimum Gasteiger partial charge on any atom is -0.478 e. The second-order valence-electron chi connectivity index (χ2n) is 8.31. The Hall–Kier alpha value is -4.21. The van der Waals surface area contributed by atoms with Gasteiger partial charge in [0.1, 0.15) is 11.3 Å². The molecule has 1 unspecified atom stereocenters. The van der Waals surface area contributed by atoms with E-state index in [0.717, 1.165) is 0 Å². The van der Waals surface area contributed by atoms with Crippen molar-refractivity contribution in [2.45, 2.75) is 26.1 Å². The van der Waals surface area contributed by atoms with Gasteiger partial charge < -0.3 is 29.4 Å². The zero-order valence-corrected chi connectivity index (χ0v) is 20.1. The van der Waals surface area contributed by atoms with Crippen LogP contribution in [-0.2, 0) is 19.1 Å². The number of nitrogens with one attached hydrogen (secondary N) is 1. The van der Waals surface area contributed by atoms with Crippen molar-refractivity contribution in [2.24, 2.45) is 0 Å². The maximum Gasteiger partial charge on any atom is 0.334 e. The number of carboxylic acids is 2. The summed E-state index contributed by atoms with van der Waals surface area (Å²) in [7, 11) is 2.68. The number of dihydropyridines is 1. The molecule has 1 aromatic heterocycles. The molecule has 1 aliphatic rings. The first-order chi connectivity index (χ1) is 17.2. The lowest BCUT2D eigenvalue weighted by atomic mass is 9.79. The molecule has 0 aliphatic carbocycles. The van der Waals surface area contributed by atoms with Crippen LogP contribution in [-0.4, -0.2) is 42.7 Å². The van der Waals surface area contributed by atoms with Crippen LogP contribution in [0.15, 0.2) is 80.3 Å². The molecule has 0 amide bonds. The maximum absolute atomic E-state index is 13.3. The van der Waals surface area contributed by atoms with E-state index in [0.29, 0.717) is 16.9 Å². The van der Waals surface area contributed by atoms with E-state index in [1.54, 1.807) is 49.4 Å². The van der Waals surface area contributed by atoms with Gasteiger partial charge in [-0.3, -0.25) is 4.79 Å². The van der Waals surface area contributed by atoms with Gasteiger partial charge in [-0.25, -0.2) is 9.59 Å². The van der Waals surface area contributed by atoms with Crippen LogP contribution >= 0.6 is 0 Å². The van der Waals surface area contributed by atoms with Gasteiger partial charge in [-0.1, -0.05) is 42.5 Å². The molecule has 9 nitrogen and oxygen atoms in total. The van der Waals surface area contributed by atoms with Gasteiger partial charge in [0.15, 0.2) is 11.7 Å². The van der Waals surface area contributed by atoms with Crippen LogP contribution in [0.3, 0.4) is 0 Å². The fraction of sp³-hybridized carbons (Fsp3) is 0.222. The molecule has 0 bridgehead atoms. The highest BCUT2D eigenvalue weighted by molar-refractivity contribution is 6.00. The number of methoxy groups -OCH3 is 2. The molecule has 4 rings (SSSR count). The summed E-state index contributed by atoms with van der Waals surface area (Å²) in [5.41, 5.74) is 0.855. The van der Waals surface area contributed by atoms with E-state index in [9.17, 15) is 24.6 Å². The lowest BCUT2D eigenvalue weighted by Crippen LogP contribution is -2.37. The SMILES string of the molecule is COC(OC)C1=C(C(=O)O)C(c2cccc3c(=O)c(C)c(-c4ccccc4)oc23)C(C(=O)O)=C(C)N1. The van der Waals surface area contributed by atoms with Crippen molar-refractivity contribution in [1.82, 2.24) is 5.32 Å². The lowest BCUT2D eigenvalue weighted by molar-refractivity contribution is -0.134. The molecular weight excluding hydrogens is 466 g/mol. The van der Waals surface area contributed by atoms with E-state index in [1.165, 1.54) is 21.1 Å². The molecular formula is C27H25NO8. The minimum absolute atomic E-state index is 0.0507. The van der Waals surface area contributed by atoms with Crippen LogP contribution in [0.4, 0.5) is 0 Å². The van der Waals surface area contributed by atoms with Crippen LogP contribution in [0.2, 0.25) is 0 Å². The van der Waals surface area contributed by atoms with Crippen LogP contribution in [0.1, 0.15) is 24.0 Å². The van der Waals surface area contributed by atoms with Gasteiger partial charge in [0, 0.05) is 36.6 Å². The van der Waals surface area contributed by atoms with Crippen molar-refractivity contribution in [3.8, 4) is 11.3 Å². The van der Waals surface area contributed by atoms with Gasteiger partial charge in [-0.2, -0.15) is 0 Å². The van der Waals surface area contributed by atoms with Crippen molar-refractivity contribution >= 4 is 22.9 Å². The number of benzene rings is 2. The summed E-state index contributed by atoms with van der Waals surface area (Å²) in [6, 6.07) is 13.7. The number of aliphatic carboxylic acids is 2. The number of hydrogen-bond donors (Lipinski definition) is 3. The van der Waals surface area contributed by atoms with Crippen molar-refractivity contribution in [3.63, 3.8) is 0 Å². The summed E-state index contributed by atoms with van der Waals surface area (Å²) in [4.78, 5) is 38.3. The number of hydrogen-bond acceptors (Lipinski definition) is 7. The molecule has 36 heavy (non-hydrogen) atoms. The molecule has 0 spiro atoms. The van der Waals surface area contributed by atoms with Crippen LogP contribution in [0, 0.1) is 6.92 Å². The molecule has 1 atom stereocenters. The quantitative estimate of drug-likeness (QED) is 0.422.